The third-order valence-electron chi connectivity index (χ3n) is 2.97. The third-order valence-corrected chi connectivity index (χ3v) is 2.97. The highest BCUT2D eigenvalue weighted by atomic mass is 16.4. The van der Waals surface area contributed by atoms with Crippen molar-refractivity contribution in [1.29, 1.82) is 0 Å². The molecule has 100 valence electrons. The molecule has 7 nitrogen and oxygen atoms in total. The standard InChI is InChI=1S/C13H10N4O3/c1-8-11(13(19)20)12(18)17-10(15-8)4-6-16(17)9-3-2-5-14-7-9/h2-7H,1H3,(H,19,20). The molecule has 0 aliphatic carbocycles. The second kappa shape index (κ2) is 4.30. The number of hydrogen-bond donors (Lipinski definition) is 1. The van der Waals surface area contributed by atoms with E-state index in [4.69, 9.17) is 5.11 Å². The maximum Gasteiger partial charge on any atom is 0.343 e. The molecule has 0 radical (unpaired) electrons. The lowest BCUT2D eigenvalue weighted by atomic mass is 10.2. The molecular weight excluding hydrogens is 260 g/mol. The van der Waals surface area contributed by atoms with Crippen molar-refractivity contribution in [2.75, 3.05) is 0 Å². The van der Waals surface area contributed by atoms with Gasteiger partial charge in [0, 0.05) is 18.5 Å². The first-order valence-electron chi connectivity index (χ1n) is 5.84. The van der Waals surface area contributed by atoms with Crippen molar-refractivity contribution in [3.63, 3.8) is 0 Å². The fourth-order valence-corrected chi connectivity index (χ4v) is 2.10. The smallest absolute Gasteiger partial charge is 0.343 e. The maximum absolute atomic E-state index is 12.3. The zero-order valence-electron chi connectivity index (χ0n) is 10.5. The van der Waals surface area contributed by atoms with Gasteiger partial charge in [-0.3, -0.25) is 14.5 Å². The Labute approximate surface area is 112 Å². The van der Waals surface area contributed by atoms with Crippen LogP contribution in [-0.4, -0.2) is 30.2 Å². The molecule has 0 fully saturated rings. The van der Waals surface area contributed by atoms with Gasteiger partial charge in [-0.15, -0.1) is 0 Å². The van der Waals surface area contributed by atoms with Crippen molar-refractivity contribution in [2.24, 2.45) is 0 Å². The minimum absolute atomic E-state index is 0.200. The molecule has 0 unspecified atom stereocenters. The van der Waals surface area contributed by atoms with Crippen molar-refractivity contribution in [3.8, 4) is 5.69 Å². The summed E-state index contributed by atoms with van der Waals surface area (Å²) in [6.07, 6.45) is 4.83. The SMILES string of the molecule is Cc1nc2ccn(-c3cccnc3)n2c(=O)c1C(=O)O. The molecule has 3 rings (SSSR count). The number of pyridine rings is 1. The van der Waals surface area contributed by atoms with Gasteiger partial charge in [0.2, 0.25) is 0 Å². The molecule has 0 spiro atoms. The number of nitrogens with zero attached hydrogens (tertiary/aromatic N) is 4. The number of hydrogen-bond acceptors (Lipinski definition) is 4. The summed E-state index contributed by atoms with van der Waals surface area (Å²) in [5, 5.41) is 9.13. The van der Waals surface area contributed by atoms with Gasteiger partial charge in [-0.2, -0.15) is 4.52 Å². The summed E-state index contributed by atoms with van der Waals surface area (Å²) in [6.45, 7) is 1.51. The molecule has 0 saturated carbocycles. The van der Waals surface area contributed by atoms with Gasteiger partial charge in [0.1, 0.15) is 5.56 Å². The van der Waals surface area contributed by atoms with E-state index in [9.17, 15) is 9.59 Å². The zero-order chi connectivity index (χ0) is 14.3. The van der Waals surface area contributed by atoms with Crippen LogP contribution in [-0.2, 0) is 0 Å². The summed E-state index contributed by atoms with van der Waals surface area (Å²) in [5.74, 6) is -1.28. The van der Waals surface area contributed by atoms with Crippen LogP contribution in [0.4, 0.5) is 0 Å². The first-order chi connectivity index (χ1) is 9.59. The minimum atomic E-state index is -1.28. The van der Waals surface area contributed by atoms with E-state index in [-0.39, 0.29) is 11.3 Å². The highest BCUT2D eigenvalue weighted by Crippen LogP contribution is 2.10. The van der Waals surface area contributed by atoms with Crippen molar-refractivity contribution in [1.82, 2.24) is 19.2 Å². The molecule has 0 bridgehead atoms. The highest BCUT2D eigenvalue weighted by Gasteiger charge is 2.18. The Morgan fingerprint density at radius 3 is 2.80 bits per heavy atom. The van der Waals surface area contributed by atoms with E-state index >= 15 is 0 Å². The minimum Gasteiger partial charge on any atom is -0.477 e. The molecule has 0 atom stereocenters. The number of fused-ring (bicyclic) bond motifs is 1. The lowest BCUT2D eigenvalue weighted by Crippen LogP contribution is -2.28. The number of aryl methyl sites for hydroxylation is 1. The Bertz CT molecular complexity index is 864. The van der Waals surface area contributed by atoms with Gasteiger partial charge in [0.05, 0.1) is 17.6 Å². The zero-order valence-corrected chi connectivity index (χ0v) is 10.5. The first kappa shape index (κ1) is 12.1. The van der Waals surface area contributed by atoms with Crippen LogP contribution in [0.15, 0.2) is 41.6 Å². The Balaban J connectivity index is 2.41. The lowest BCUT2D eigenvalue weighted by Gasteiger charge is -2.07. The second-order valence-corrected chi connectivity index (χ2v) is 4.22. The summed E-state index contributed by atoms with van der Waals surface area (Å²) in [7, 11) is 0. The van der Waals surface area contributed by atoms with E-state index in [0.717, 1.165) is 0 Å². The molecule has 0 aromatic carbocycles. The van der Waals surface area contributed by atoms with Crippen LogP contribution >= 0.6 is 0 Å². The van der Waals surface area contributed by atoms with Crippen LogP contribution in [0.1, 0.15) is 16.1 Å². The Morgan fingerprint density at radius 1 is 1.35 bits per heavy atom. The number of carboxylic acid groups (broad SMARTS) is 1. The Morgan fingerprint density at radius 2 is 2.15 bits per heavy atom. The maximum atomic E-state index is 12.3. The molecule has 7 heteroatoms. The molecule has 0 saturated heterocycles. The van der Waals surface area contributed by atoms with E-state index < -0.39 is 11.5 Å². The number of aromatic nitrogens is 4. The van der Waals surface area contributed by atoms with E-state index in [1.54, 1.807) is 36.8 Å². The van der Waals surface area contributed by atoms with E-state index in [2.05, 4.69) is 9.97 Å². The number of rotatable bonds is 2. The predicted molar refractivity (Wildman–Crippen MR) is 70.3 cm³/mol. The van der Waals surface area contributed by atoms with Crippen LogP contribution in [0.5, 0.6) is 0 Å². The van der Waals surface area contributed by atoms with Crippen LogP contribution in [0.3, 0.4) is 0 Å². The molecular formula is C13H10N4O3. The molecule has 3 aromatic rings. The molecule has 0 aliphatic rings. The number of aromatic carboxylic acids is 1. The Hall–Kier alpha value is -2.96. The van der Waals surface area contributed by atoms with Gasteiger partial charge < -0.3 is 5.11 Å². The monoisotopic (exact) mass is 270 g/mol. The van der Waals surface area contributed by atoms with Crippen molar-refractivity contribution in [3.05, 3.63) is 58.4 Å². The lowest BCUT2D eigenvalue weighted by molar-refractivity contribution is 0.0693. The van der Waals surface area contributed by atoms with Gasteiger partial charge in [0.15, 0.2) is 5.65 Å². The fourth-order valence-electron chi connectivity index (χ4n) is 2.10. The third kappa shape index (κ3) is 1.68. The van der Waals surface area contributed by atoms with E-state index in [0.29, 0.717) is 11.3 Å². The molecule has 0 aliphatic heterocycles. The summed E-state index contributed by atoms with van der Waals surface area (Å²) in [6, 6.07) is 5.14. The van der Waals surface area contributed by atoms with Crippen LogP contribution in [0.25, 0.3) is 11.3 Å². The van der Waals surface area contributed by atoms with Crippen molar-refractivity contribution in [2.45, 2.75) is 6.92 Å². The molecule has 20 heavy (non-hydrogen) atoms. The van der Waals surface area contributed by atoms with Crippen molar-refractivity contribution >= 4 is 11.6 Å². The molecule has 1 N–H and O–H groups in total. The predicted octanol–water partition coefficient (Wildman–Crippen LogP) is 0.887. The highest BCUT2D eigenvalue weighted by molar-refractivity contribution is 5.88. The fraction of sp³-hybridized carbons (Fsp3) is 0.0769. The van der Waals surface area contributed by atoms with Gasteiger partial charge in [-0.25, -0.2) is 9.78 Å². The topological polar surface area (TPSA) is 89.5 Å². The normalized spacial score (nSPS) is 10.8. The summed E-state index contributed by atoms with van der Waals surface area (Å²) < 4.78 is 2.73. The van der Waals surface area contributed by atoms with Crippen LogP contribution in [0, 0.1) is 6.92 Å². The first-order valence-corrected chi connectivity index (χ1v) is 5.84. The summed E-state index contributed by atoms with van der Waals surface area (Å²) in [5.41, 5.74) is 0.291. The van der Waals surface area contributed by atoms with E-state index in [1.807, 2.05) is 0 Å². The molecule has 3 aromatic heterocycles. The average Bonchev–Trinajstić information content (AvgIpc) is 2.83. The summed E-state index contributed by atoms with van der Waals surface area (Å²) in [4.78, 5) is 31.7. The second-order valence-electron chi connectivity index (χ2n) is 4.22. The summed E-state index contributed by atoms with van der Waals surface area (Å²) >= 11 is 0. The van der Waals surface area contributed by atoms with Gasteiger partial charge >= 0.3 is 5.97 Å². The molecule has 3 heterocycles. The molecule has 0 amide bonds. The average molecular weight is 270 g/mol. The van der Waals surface area contributed by atoms with Crippen LogP contribution < -0.4 is 5.56 Å². The quantitative estimate of drug-likeness (QED) is 0.746. The Kier molecular flexibility index (Phi) is 2.60. The van der Waals surface area contributed by atoms with Crippen LogP contribution in [0.2, 0.25) is 0 Å². The number of carboxylic acids is 1. The number of carbonyl (C=O) groups is 1. The largest absolute Gasteiger partial charge is 0.477 e. The van der Waals surface area contributed by atoms with Gasteiger partial charge in [0.25, 0.3) is 5.56 Å². The van der Waals surface area contributed by atoms with E-state index in [1.165, 1.54) is 16.1 Å². The van der Waals surface area contributed by atoms with Gasteiger partial charge in [-0.05, 0) is 19.1 Å². The van der Waals surface area contributed by atoms with Gasteiger partial charge in [-0.1, -0.05) is 0 Å². The van der Waals surface area contributed by atoms with Crippen molar-refractivity contribution < 1.29 is 9.90 Å².